The summed E-state index contributed by atoms with van der Waals surface area (Å²) in [5, 5.41) is 12.1. The Bertz CT molecular complexity index is 1060. The lowest BCUT2D eigenvalue weighted by Gasteiger charge is -2.21. The fourth-order valence-electron chi connectivity index (χ4n) is 5.20. The van der Waals surface area contributed by atoms with Crippen molar-refractivity contribution in [2.24, 2.45) is 23.7 Å². The normalized spacial score (nSPS) is 35.9. The van der Waals surface area contributed by atoms with Crippen LogP contribution in [-0.2, 0) is 33.4 Å². The number of esters is 2. The molecule has 0 saturated carbocycles. The maximum Gasteiger partial charge on any atom is 0.320 e. The molecular formula is C25H25NO8. The number of carboxylic acids is 1. The first-order valence-electron chi connectivity index (χ1n) is 11.3. The summed E-state index contributed by atoms with van der Waals surface area (Å²) < 4.78 is 15.4. The molecule has 0 aromatic heterocycles. The zero-order chi connectivity index (χ0) is 24.1. The number of fused-ring (bicyclic) bond motifs is 7. The fraction of sp³-hybridized carbons (Fsp3) is 0.440. The number of cyclic esters (lactones) is 2. The molecule has 5 aliphatic rings. The van der Waals surface area contributed by atoms with E-state index >= 15 is 0 Å². The summed E-state index contributed by atoms with van der Waals surface area (Å²) >= 11 is 0. The summed E-state index contributed by atoms with van der Waals surface area (Å²) in [4.78, 5) is 46.0. The minimum absolute atomic E-state index is 0.223. The van der Waals surface area contributed by atoms with Crippen LogP contribution < -0.4 is 5.32 Å². The predicted octanol–water partition coefficient (Wildman–Crippen LogP) is 2.04. The largest absolute Gasteiger partial charge is 0.481 e. The summed E-state index contributed by atoms with van der Waals surface area (Å²) in [7, 11) is 0. The number of aliphatic carboxylic acids is 1. The summed E-state index contributed by atoms with van der Waals surface area (Å²) in [6.07, 6.45) is 5.76. The van der Waals surface area contributed by atoms with E-state index in [2.05, 4.69) is 23.9 Å². The van der Waals surface area contributed by atoms with Crippen molar-refractivity contribution in [3.8, 4) is 0 Å². The molecule has 8 atom stereocenters. The van der Waals surface area contributed by atoms with E-state index in [1.54, 1.807) is 12.2 Å². The van der Waals surface area contributed by atoms with E-state index in [0.29, 0.717) is 11.6 Å². The quantitative estimate of drug-likeness (QED) is 0.391. The van der Waals surface area contributed by atoms with Gasteiger partial charge in [-0.05, 0) is 23.6 Å². The third-order valence-corrected chi connectivity index (χ3v) is 6.98. The van der Waals surface area contributed by atoms with Gasteiger partial charge in [-0.3, -0.25) is 19.2 Å². The van der Waals surface area contributed by atoms with Gasteiger partial charge in [0.15, 0.2) is 0 Å². The molecule has 0 radical (unpaired) electrons. The predicted molar refractivity (Wildman–Crippen MR) is 117 cm³/mol. The fourth-order valence-corrected chi connectivity index (χ4v) is 5.20. The molecule has 3 saturated heterocycles. The molecule has 5 heterocycles. The minimum Gasteiger partial charge on any atom is -0.481 e. The van der Waals surface area contributed by atoms with E-state index in [4.69, 9.17) is 9.47 Å². The van der Waals surface area contributed by atoms with Crippen molar-refractivity contribution in [3.63, 3.8) is 0 Å². The molecule has 3 fully saturated rings. The third-order valence-electron chi connectivity index (χ3n) is 6.98. The smallest absolute Gasteiger partial charge is 0.320 e. The second-order valence-corrected chi connectivity index (χ2v) is 9.35. The SMILES string of the molecule is CC(C)c1ccc(NC(=O)C2C3C=CC(O3)C2C(=O)O)cc1.O=C1OC(=O)C2C3C=CC(O3)C12. The second kappa shape index (κ2) is 8.48. The number of amides is 1. The summed E-state index contributed by atoms with van der Waals surface area (Å²) in [5.41, 5.74) is 1.86. The second-order valence-electron chi connectivity index (χ2n) is 9.35. The van der Waals surface area contributed by atoms with Crippen molar-refractivity contribution in [1.29, 1.82) is 0 Å². The average Bonchev–Trinajstić information content (AvgIpc) is 3.61. The number of hydrogen-bond donors (Lipinski definition) is 2. The van der Waals surface area contributed by atoms with Gasteiger partial charge in [0.1, 0.15) is 17.8 Å². The van der Waals surface area contributed by atoms with E-state index in [0.717, 1.165) is 0 Å². The molecule has 4 bridgehead atoms. The van der Waals surface area contributed by atoms with Gasteiger partial charge in [-0.25, -0.2) is 0 Å². The third kappa shape index (κ3) is 3.74. The Morgan fingerprint density at radius 3 is 1.85 bits per heavy atom. The van der Waals surface area contributed by atoms with Gasteiger partial charge in [0.2, 0.25) is 5.91 Å². The van der Waals surface area contributed by atoms with Crippen LogP contribution in [0.3, 0.4) is 0 Å². The zero-order valence-electron chi connectivity index (χ0n) is 18.6. The van der Waals surface area contributed by atoms with E-state index in [1.165, 1.54) is 5.56 Å². The van der Waals surface area contributed by atoms with Crippen LogP contribution in [0.4, 0.5) is 5.69 Å². The summed E-state index contributed by atoms with van der Waals surface area (Å²) in [6, 6.07) is 7.61. The molecule has 9 heteroatoms. The van der Waals surface area contributed by atoms with Crippen LogP contribution in [0.1, 0.15) is 25.3 Å². The highest BCUT2D eigenvalue weighted by Gasteiger charge is 2.59. The average molecular weight is 467 g/mol. The Hall–Kier alpha value is -3.30. The topological polar surface area (TPSA) is 128 Å². The van der Waals surface area contributed by atoms with Crippen molar-refractivity contribution >= 4 is 29.5 Å². The van der Waals surface area contributed by atoms with Crippen LogP contribution in [-0.4, -0.2) is 53.3 Å². The number of anilines is 1. The number of carbonyl (C=O) groups is 4. The maximum absolute atomic E-state index is 12.4. The van der Waals surface area contributed by atoms with Crippen LogP contribution in [0, 0.1) is 23.7 Å². The molecule has 1 aromatic carbocycles. The monoisotopic (exact) mass is 467 g/mol. The van der Waals surface area contributed by atoms with E-state index in [1.807, 2.05) is 36.4 Å². The van der Waals surface area contributed by atoms with Crippen LogP contribution in [0.5, 0.6) is 0 Å². The number of ether oxygens (including phenoxy) is 3. The summed E-state index contributed by atoms with van der Waals surface area (Å²) in [5.74, 6) is -3.97. The Labute approximate surface area is 195 Å². The van der Waals surface area contributed by atoms with Gasteiger partial charge >= 0.3 is 17.9 Å². The molecule has 5 aliphatic heterocycles. The van der Waals surface area contributed by atoms with Crippen LogP contribution in [0.25, 0.3) is 0 Å². The number of benzene rings is 1. The van der Waals surface area contributed by atoms with Crippen LogP contribution in [0.2, 0.25) is 0 Å². The van der Waals surface area contributed by atoms with E-state index < -0.39 is 42.0 Å². The van der Waals surface area contributed by atoms with Crippen LogP contribution in [0.15, 0.2) is 48.6 Å². The highest BCUT2D eigenvalue weighted by molar-refractivity contribution is 5.98. The Balaban J connectivity index is 0.000000167. The molecule has 178 valence electrons. The Morgan fingerprint density at radius 2 is 1.32 bits per heavy atom. The Morgan fingerprint density at radius 1 is 0.824 bits per heavy atom. The molecule has 6 rings (SSSR count). The number of carbonyl (C=O) groups excluding carboxylic acids is 3. The standard InChI is InChI=1S/C17H19NO4.C8H6O4/c1-9(2)10-3-5-11(6-4-10)18-16(19)14-12-7-8-13(22-12)15(14)17(20)21;9-7-5-3-1-2-4(11-3)6(5)8(10)12-7/h3-9,12-15H,1-2H3,(H,18,19)(H,20,21);1-6H. The van der Waals surface area contributed by atoms with Crippen molar-refractivity contribution in [3.05, 3.63) is 54.1 Å². The Kier molecular flexibility index (Phi) is 5.61. The lowest BCUT2D eigenvalue weighted by atomic mass is 9.82. The van der Waals surface area contributed by atoms with Crippen molar-refractivity contribution in [2.45, 2.75) is 44.2 Å². The van der Waals surface area contributed by atoms with Gasteiger partial charge in [0, 0.05) is 5.69 Å². The molecule has 0 aliphatic carbocycles. The molecule has 1 amide bonds. The van der Waals surface area contributed by atoms with Gasteiger partial charge < -0.3 is 24.6 Å². The van der Waals surface area contributed by atoms with E-state index in [9.17, 15) is 24.3 Å². The molecule has 0 spiro atoms. The highest BCUT2D eigenvalue weighted by Crippen LogP contribution is 2.44. The summed E-state index contributed by atoms with van der Waals surface area (Å²) in [6.45, 7) is 4.20. The minimum atomic E-state index is -0.993. The van der Waals surface area contributed by atoms with Crippen molar-refractivity contribution in [2.75, 3.05) is 5.32 Å². The molecule has 34 heavy (non-hydrogen) atoms. The first-order chi connectivity index (χ1) is 16.2. The molecule has 9 nitrogen and oxygen atoms in total. The van der Waals surface area contributed by atoms with E-state index in [-0.39, 0.29) is 30.0 Å². The lowest BCUT2D eigenvalue weighted by Crippen LogP contribution is -2.39. The maximum atomic E-state index is 12.4. The molecule has 8 unspecified atom stereocenters. The van der Waals surface area contributed by atoms with Gasteiger partial charge in [-0.1, -0.05) is 50.3 Å². The van der Waals surface area contributed by atoms with Crippen molar-refractivity contribution in [1.82, 2.24) is 0 Å². The van der Waals surface area contributed by atoms with Gasteiger partial charge in [0.05, 0.1) is 30.3 Å². The molecule has 1 aromatic rings. The van der Waals surface area contributed by atoms with Gasteiger partial charge in [0.25, 0.3) is 0 Å². The highest BCUT2D eigenvalue weighted by atomic mass is 16.6. The number of nitrogens with one attached hydrogen (secondary N) is 1. The molecule has 2 N–H and O–H groups in total. The first kappa shape index (κ1) is 22.5. The van der Waals surface area contributed by atoms with Crippen LogP contribution >= 0.6 is 0 Å². The first-order valence-corrected chi connectivity index (χ1v) is 11.3. The van der Waals surface area contributed by atoms with Gasteiger partial charge in [-0.2, -0.15) is 0 Å². The lowest BCUT2D eigenvalue weighted by molar-refractivity contribution is -0.156. The van der Waals surface area contributed by atoms with Crippen molar-refractivity contribution < 1.29 is 38.5 Å². The number of hydrogen-bond acceptors (Lipinski definition) is 7. The number of carboxylic acid groups (broad SMARTS) is 1. The van der Waals surface area contributed by atoms with Gasteiger partial charge in [-0.15, -0.1) is 0 Å². The number of rotatable bonds is 4. The molecular weight excluding hydrogens is 442 g/mol. The zero-order valence-corrected chi connectivity index (χ0v) is 18.6.